The van der Waals surface area contributed by atoms with Gasteiger partial charge in [0, 0.05) is 0 Å². The second-order valence-corrected chi connectivity index (χ2v) is 5.28. The first-order chi connectivity index (χ1) is 9.70. The lowest BCUT2D eigenvalue weighted by atomic mass is 10.0. The Labute approximate surface area is 118 Å². The molecule has 98 valence electrons. The molecular formula is C14H9N3O2S. The molecule has 0 aliphatic rings. The summed E-state index contributed by atoms with van der Waals surface area (Å²) in [6.45, 7) is 1.67. The zero-order valence-corrected chi connectivity index (χ0v) is 11.3. The van der Waals surface area contributed by atoms with Crippen LogP contribution < -0.4 is 0 Å². The number of fused-ring (bicyclic) bond motifs is 1. The van der Waals surface area contributed by atoms with Crippen molar-refractivity contribution in [3.63, 3.8) is 0 Å². The summed E-state index contributed by atoms with van der Waals surface area (Å²) in [5.41, 5.74) is 1.27. The lowest BCUT2D eigenvalue weighted by molar-refractivity contribution is 0.0951. The van der Waals surface area contributed by atoms with Crippen molar-refractivity contribution in [2.45, 2.75) is 12.8 Å². The van der Waals surface area contributed by atoms with Crippen LogP contribution in [0.1, 0.15) is 27.2 Å². The number of oxazole rings is 1. The number of thiazole rings is 1. The van der Waals surface area contributed by atoms with Crippen LogP contribution in [0, 0.1) is 18.3 Å². The maximum Gasteiger partial charge on any atom is 0.224 e. The Morgan fingerprint density at radius 2 is 2.25 bits per heavy atom. The Balaban J connectivity index is 2.04. The molecule has 0 saturated carbocycles. The van der Waals surface area contributed by atoms with Crippen molar-refractivity contribution >= 4 is 27.3 Å². The third kappa shape index (κ3) is 1.98. The van der Waals surface area contributed by atoms with E-state index in [1.165, 1.54) is 17.7 Å². The average molecular weight is 283 g/mol. The van der Waals surface area contributed by atoms with Crippen molar-refractivity contribution in [2.75, 3.05) is 0 Å². The predicted molar refractivity (Wildman–Crippen MR) is 73.5 cm³/mol. The van der Waals surface area contributed by atoms with Gasteiger partial charge in [0.25, 0.3) is 0 Å². The van der Waals surface area contributed by atoms with Gasteiger partial charge in [-0.2, -0.15) is 5.26 Å². The Kier molecular flexibility index (Phi) is 3.05. The molecule has 2 aromatic heterocycles. The van der Waals surface area contributed by atoms with Crippen molar-refractivity contribution in [3.05, 3.63) is 47.1 Å². The lowest BCUT2D eigenvalue weighted by Crippen LogP contribution is -2.11. The first-order valence-corrected chi connectivity index (χ1v) is 6.71. The maximum atomic E-state index is 12.3. The molecule has 0 saturated heterocycles. The minimum Gasteiger partial charge on any atom is -0.440 e. The number of carbonyl (C=O) groups excluding carboxylic acids is 1. The van der Waals surface area contributed by atoms with Gasteiger partial charge in [0.1, 0.15) is 5.01 Å². The van der Waals surface area contributed by atoms with Crippen LogP contribution in [0.15, 0.2) is 35.1 Å². The van der Waals surface area contributed by atoms with Gasteiger partial charge in [0.15, 0.2) is 18.1 Å². The van der Waals surface area contributed by atoms with Crippen molar-refractivity contribution in [1.29, 1.82) is 5.26 Å². The Morgan fingerprint density at radius 3 is 2.90 bits per heavy atom. The van der Waals surface area contributed by atoms with Crippen molar-refractivity contribution in [1.82, 2.24) is 9.97 Å². The molecular weight excluding hydrogens is 274 g/mol. The molecule has 0 spiro atoms. The molecule has 3 rings (SSSR count). The number of nitriles is 1. The SMILES string of the molecule is Cc1ncoc1C(=O)C(C#N)c1nc2ccccc2s1. The number of Topliss-reactive ketones (excluding diaryl/α,β-unsaturated/α-hetero) is 1. The van der Waals surface area contributed by atoms with Gasteiger partial charge in [-0.3, -0.25) is 4.79 Å². The second kappa shape index (κ2) is 4.87. The fourth-order valence-corrected chi connectivity index (χ4v) is 2.92. The molecule has 0 aliphatic heterocycles. The summed E-state index contributed by atoms with van der Waals surface area (Å²) in [4.78, 5) is 20.6. The smallest absolute Gasteiger partial charge is 0.224 e. The van der Waals surface area contributed by atoms with Gasteiger partial charge in [0.2, 0.25) is 5.78 Å². The predicted octanol–water partition coefficient (Wildman–Crippen LogP) is 3.08. The third-order valence-corrected chi connectivity index (χ3v) is 4.02. The monoisotopic (exact) mass is 283 g/mol. The van der Waals surface area contributed by atoms with Gasteiger partial charge >= 0.3 is 0 Å². The number of aryl methyl sites for hydroxylation is 1. The fourth-order valence-electron chi connectivity index (χ4n) is 1.91. The summed E-state index contributed by atoms with van der Waals surface area (Å²) in [5.74, 6) is -1.24. The van der Waals surface area contributed by atoms with Crippen LogP contribution in [-0.4, -0.2) is 15.8 Å². The number of carbonyl (C=O) groups is 1. The molecule has 20 heavy (non-hydrogen) atoms. The zero-order valence-electron chi connectivity index (χ0n) is 10.5. The molecule has 1 atom stereocenters. The molecule has 0 bridgehead atoms. The van der Waals surface area contributed by atoms with E-state index in [9.17, 15) is 10.1 Å². The van der Waals surface area contributed by atoms with Gasteiger partial charge in [-0.15, -0.1) is 11.3 Å². The molecule has 0 N–H and O–H groups in total. The van der Waals surface area contributed by atoms with Crippen LogP contribution in [0.3, 0.4) is 0 Å². The molecule has 0 amide bonds. The molecule has 3 aromatic rings. The summed E-state index contributed by atoms with van der Waals surface area (Å²) < 4.78 is 6.02. The Morgan fingerprint density at radius 1 is 1.45 bits per heavy atom. The molecule has 5 nitrogen and oxygen atoms in total. The van der Waals surface area contributed by atoms with Crippen molar-refractivity contribution in [2.24, 2.45) is 0 Å². The first-order valence-electron chi connectivity index (χ1n) is 5.90. The van der Waals surface area contributed by atoms with Gasteiger partial charge in [-0.25, -0.2) is 9.97 Å². The number of hydrogen-bond acceptors (Lipinski definition) is 6. The highest BCUT2D eigenvalue weighted by Gasteiger charge is 2.29. The molecule has 0 radical (unpaired) electrons. The van der Waals surface area contributed by atoms with Crippen LogP contribution >= 0.6 is 11.3 Å². The molecule has 0 fully saturated rings. The average Bonchev–Trinajstić information content (AvgIpc) is 3.05. The summed E-state index contributed by atoms with van der Waals surface area (Å²) in [6.07, 6.45) is 1.20. The standard InChI is InChI=1S/C14H9N3O2S/c1-8-13(19-7-16-8)12(18)9(6-15)14-17-10-4-2-3-5-11(10)20-14/h2-5,7,9H,1H3. The van der Waals surface area contributed by atoms with Crippen LogP contribution in [0.2, 0.25) is 0 Å². The van der Waals surface area contributed by atoms with Gasteiger partial charge < -0.3 is 4.42 Å². The van der Waals surface area contributed by atoms with Crippen LogP contribution in [0.5, 0.6) is 0 Å². The van der Waals surface area contributed by atoms with E-state index >= 15 is 0 Å². The Bertz CT molecular complexity index is 795. The number of para-hydroxylation sites is 1. The van der Waals surface area contributed by atoms with E-state index in [0.29, 0.717) is 10.7 Å². The lowest BCUT2D eigenvalue weighted by Gasteiger charge is -2.02. The maximum absolute atomic E-state index is 12.3. The zero-order chi connectivity index (χ0) is 14.1. The van der Waals surface area contributed by atoms with Crippen LogP contribution in [-0.2, 0) is 0 Å². The van der Waals surface area contributed by atoms with E-state index in [1.807, 2.05) is 30.3 Å². The van der Waals surface area contributed by atoms with E-state index < -0.39 is 11.7 Å². The van der Waals surface area contributed by atoms with Crippen molar-refractivity contribution in [3.8, 4) is 6.07 Å². The molecule has 0 aliphatic carbocycles. The normalized spacial score (nSPS) is 12.2. The van der Waals surface area contributed by atoms with E-state index in [1.54, 1.807) is 6.92 Å². The fraction of sp³-hybridized carbons (Fsp3) is 0.143. The highest BCUT2D eigenvalue weighted by molar-refractivity contribution is 7.18. The number of rotatable bonds is 3. The molecule has 6 heteroatoms. The summed E-state index contributed by atoms with van der Waals surface area (Å²) in [5, 5.41) is 9.78. The number of aromatic nitrogens is 2. The number of hydrogen-bond donors (Lipinski definition) is 0. The van der Waals surface area contributed by atoms with E-state index in [2.05, 4.69) is 9.97 Å². The number of ketones is 1. The minimum absolute atomic E-state index is 0.121. The number of nitrogens with zero attached hydrogens (tertiary/aromatic N) is 3. The van der Waals surface area contributed by atoms with E-state index in [-0.39, 0.29) is 5.76 Å². The van der Waals surface area contributed by atoms with E-state index in [4.69, 9.17) is 4.42 Å². The summed E-state index contributed by atoms with van der Waals surface area (Å²) in [7, 11) is 0. The molecule has 1 aromatic carbocycles. The summed E-state index contributed by atoms with van der Waals surface area (Å²) in [6, 6.07) is 9.54. The second-order valence-electron chi connectivity index (χ2n) is 4.21. The quantitative estimate of drug-likeness (QED) is 0.690. The minimum atomic E-state index is -0.959. The summed E-state index contributed by atoms with van der Waals surface area (Å²) >= 11 is 1.34. The van der Waals surface area contributed by atoms with Crippen molar-refractivity contribution < 1.29 is 9.21 Å². The number of benzene rings is 1. The highest BCUT2D eigenvalue weighted by atomic mass is 32.1. The van der Waals surface area contributed by atoms with Gasteiger partial charge in [-0.05, 0) is 19.1 Å². The highest BCUT2D eigenvalue weighted by Crippen LogP contribution is 2.29. The first kappa shape index (κ1) is 12.5. The third-order valence-electron chi connectivity index (χ3n) is 2.92. The van der Waals surface area contributed by atoms with E-state index in [0.717, 1.165) is 10.2 Å². The van der Waals surface area contributed by atoms with Gasteiger partial charge in [0.05, 0.1) is 22.0 Å². The van der Waals surface area contributed by atoms with Gasteiger partial charge in [-0.1, -0.05) is 12.1 Å². The largest absolute Gasteiger partial charge is 0.440 e. The van der Waals surface area contributed by atoms with Crippen LogP contribution in [0.4, 0.5) is 0 Å². The Hall–Kier alpha value is -2.52. The van der Waals surface area contributed by atoms with Crippen LogP contribution in [0.25, 0.3) is 10.2 Å². The molecule has 2 heterocycles. The topological polar surface area (TPSA) is 79.8 Å². The molecule has 1 unspecified atom stereocenters.